The van der Waals surface area contributed by atoms with Gasteiger partial charge in [-0.1, -0.05) is 64.5 Å². The average molecular weight is 501 g/mol. The van der Waals surface area contributed by atoms with Gasteiger partial charge in [-0.25, -0.2) is 0 Å². The number of nitrogens with zero attached hydrogens (tertiary/aromatic N) is 1. The second-order valence-electron chi connectivity index (χ2n) is 8.60. The van der Waals surface area contributed by atoms with Crippen LogP contribution in [0.1, 0.15) is 38.5 Å². The topological polar surface area (TPSA) is 83.6 Å². The van der Waals surface area contributed by atoms with E-state index in [2.05, 4.69) is 21.4 Å². The normalized spacial score (nSPS) is 26.5. The first-order valence-corrected chi connectivity index (χ1v) is 11.4. The molecular formula is C26H17BrN2O4. The number of nitrogens with one attached hydrogen (secondary N) is 1. The van der Waals surface area contributed by atoms with Crippen LogP contribution in [-0.4, -0.2) is 29.0 Å². The van der Waals surface area contributed by atoms with Crippen molar-refractivity contribution in [1.82, 2.24) is 10.4 Å². The Hall–Kier alpha value is -3.58. The monoisotopic (exact) mass is 500 g/mol. The van der Waals surface area contributed by atoms with Gasteiger partial charge in [-0.3, -0.25) is 19.8 Å². The average Bonchev–Trinajstić information content (AvgIpc) is 3.10. The molecule has 1 saturated heterocycles. The lowest BCUT2D eigenvalue weighted by atomic mass is 9.48. The molecular weight excluding hydrogens is 484 g/mol. The molecule has 1 N–H and O–H groups in total. The first kappa shape index (κ1) is 20.1. The number of aldehydes is 1. The third-order valence-corrected chi connectivity index (χ3v) is 7.72. The lowest BCUT2D eigenvalue weighted by Gasteiger charge is -2.51. The summed E-state index contributed by atoms with van der Waals surface area (Å²) in [7, 11) is 0. The third-order valence-electron chi connectivity index (χ3n) is 7.19. The molecule has 3 amide bonds. The van der Waals surface area contributed by atoms with Gasteiger partial charge in [0, 0.05) is 16.0 Å². The van der Waals surface area contributed by atoms with Crippen molar-refractivity contribution >= 4 is 39.9 Å². The second-order valence-corrected chi connectivity index (χ2v) is 9.52. The maximum Gasteiger partial charge on any atom is 0.270 e. The number of rotatable bonds is 3. The molecule has 3 aliphatic carbocycles. The van der Waals surface area contributed by atoms with Crippen molar-refractivity contribution in [2.75, 3.05) is 0 Å². The van der Waals surface area contributed by atoms with E-state index in [0.29, 0.717) is 5.56 Å². The summed E-state index contributed by atoms with van der Waals surface area (Å²) in [6, 6.07) is 21.6. The van der Waals surface area contributed by atoms with Crippen LogP contribution in [0.25, 0.3) is 0 Å². The Morgan fingerprint density at radius 2 is 1.45 bits per heavy atom. The van der Waals surface area contributed by atoms with Crippen molar-refractivity contribution in [1.29, 1.82) is 0 Å². The molecule has 6 nitrogen and oxygen atoms in total. The van der Waals surface area contributed by atoms with Gasteiger partial charge in [-0.05, 0) is 46.5 Å². The molecule has 4 aliphatic rings. The zero-order valence-electron chi connectivity index (χ0n) is 17.2. The molecule has 1 heterocycles. The maximum absolute atomic E-state index is 13.7. The summed E-state index contributed by atoms with van der Waals surface area (Å²) in [6.07, 6.45) is 0.808. The van der Waals surface area contributed by atoms with Gasteiger partial charge in [0.05, 0.1) is 17.3 Å². The Labute approximate surface area is 197 Å². The molecule has 3 aromatic rings. The van der Waals surface area contributed by atoms with Crippen molar-refractivity contribution in [3.05, 3.63) is 105 Å². The Bertz CT molecular complexity index is 1320. The van der Waals surface area contributed by atoms with Crippen LogP contribution in [0.3, 0.4) is 0 Å². The van der Waals surface area contributed by atoms with Crippen molar-refractivity contribution in [3.8, 4) is 0 Å². The van der Waals surface area contributed by atoms with E-state index in [-0.39, 0.29) is 5.92 Å². The molecule has 1 fully saturated rings. The van der Waals surface area contributed by atoms with Crippen molar-refractivity contribution in [2.45, 2.75) is 11.3 Å². The molecule has 1 aliphatic heterocycles. The smallest absolute Gasteiger partial charge is 0.270 e. The summed E-state index contributed by atoms with van der Waals surface area (Å²) in [5, 5.41) is 0.822. The highest BCUT2D eigenvalue weighted by Gasteiger charge is 2.68. The quantitative estimate of drug-likeness (QED) is 0.441. The summed E-state index contributed by atoms with van der Waals surface area (Å²) in [5.41, 5.74) is 4.81. The molecule has 33 heavy (non-hydrogen) atoms. The summed E-state index contributed by atoms with van der Waals surface area (Å²) in [6.45, 7) is 0. The minimum Gasteiger partial charge on any atom is -0.302 e. The molecule has 7 rings (SSSR count). The number of hydrazine groups is 1. The highest BCUT2D eigenvalue weighted by Crippen LogP contribution is 2.63. The maximum atomic E-state index is 13.7. The van der Waals surface area contributed by atoms with E-state index in [4.69, 9.17) is 0 Å². The summed E-state index contributed by atoms with van der Waals surface area (Å²) in [4.78, 5) is 53.0. The number of hydrogen-bond donors (Lipinski definition) is 1. The summed E-state index contributed by atoms with van der Waals surface area (Å²) in [5.74, 6) is -3.66. The van der Waals surface area contributed by atoms with Crippen LogP contribution in [0.15, 0.2) is 77.3 Å². The van der Waals surface area contributed by atoms with Gasteiger partial charge in [-0.15, -0.1) is 0 Å². The zero-order chi connectivity index (χ0) is 22.9. The van der Waals surface area contributed by atoms with Crippen molar-refractivity contribution in [2.24, 2.45) is 11.8 Å². The van der Waals surface area contributed by atoms with Crippen LogP contribution in [0, 0.1) is 11.8 Å². The fourth-order valence-electron chi connectivity index (χ4n) is 5.91. The molecule has 0 spiro atoms. The van der Waals surface area contributed by atoms with Crippen LogP contribution < -0.4 is 5.43 Å². The Morgan fingerprint density at radius 3 is 2.03 bits per heavy atom. The van der Waals surface area contributed by atoms with Gasteiger partial charge >= 0.3 is 0 Å². The Morgan fingerprint density at radius 1 is 0.879 bits per heavy atom. The van der Waals surface area contributed by atoms with Gasteiger partial charge in [0.1, 0.15) is 6.29 Å². The minimum absolute atomic E-state index is 0.313. The zero-order valence-corrected chi connectivity index (χ0v) is 18.8. The molecule has 2 bridgehead atoms. The predicted octanol–water partition coefficient (Wildman–Crippen LogP) is 3.34. The fourth-order valence-corrected chi connectivity index (χ4v) is 6.17. The first-order valence-electron chi connectivity index (χ1n) is 10.6. The number of benzene rings is 3. The molecule has 3 aromatic carbocycles. The SMILES string of the molecule is O=CC12c3ccccc3C(c3ccccc31)C1C(=O)N(NC(=O)c3ccc(Br)cc3)C(=O)C12. The van der Waals surface area contributed by atoms with E-state index in [1.165, 1.54) is 0 Å². The van der Waals surface area contributed by atoms with Crippen LogP contribution in [0.2, 0.25) is 0 Å². The van der Waals surface area contributed by atoms with E-state index in [9.17, 15) is 19.2 Å². The van der Waals surface area contributed by atoms with E-state index in [0.717, 1.165) is 38.0 Å². The first-order chi connectivity index (χ1) is 16.0. The molecule has 0 saturated carbocycles. The minimum atomic E-state index is -1.28. The van der Waals surface area contributed by atoms with Gasteiger partial charge in [0.15, 0.2) is 0 Å². The van der Waals surface area contributed by atoms with Crippen molar-refractivity contribution < 1.29 is 19.2 Å². The van der Waals surface area contributed by atoms with Gasteiger partial charge in [-0.2, -0.15) is 5.01 Å². The number of hydrogen-bond acceptors (Lipinski definition) is 4. The van der Waals surface area contributed by atoms with Gasteiger partial charge in [0.25, 0.3) is 17.7 Å². The number of carbonyl (C=O) groups excluding carboxylic acids is 4. The van der Waals surface area contributed by atoms with Crippen LogP contribution in [0.5, 0.6) is 0 Å². The Kier molecular flexibility index (Phi) is 4.23. The molecule has 0 aromatic heterocycles. The molecule has 2 unspecified atom stereocenters. The number of imide groups is 1. The lowest BCUT2D eigenvalue weighted by Crippen LogP contribution is -2.54. The van der Waals surface area contributed by atoms with Gasteiger partial charge in [0.2, 0.25) is 0 Å². The highest BCUT2D eigenvalue weighted by atomic mass is 79.9. The van der Waals surface area contributed by atoms with E-state index >= 15 is 0 Å². The number of carbonyl (C=O) groups is 4. The largest absolute Gasteiger partial charge is 0.302 e. The molecule has 0 radical (unpaired) electrons. The van der Waals surface area contributed by atoms with Crippen LogP contribution in [0.4, 0.5) is 0 Å². The molecule has 2 atom stereocenters. The van der Waals surface area contributed by atoms with E-state index in [1.54, 1.807) is 24.3 Å². The molecule has 7 heteroatoms. The predicted molar refractivity (Wildman–Crippen MR) is 122 cm³/mol. The van der Waals surface area contributed by atoms with E-state index < -0.39 is 35.0 Å². The Balaban J connectivity index is 1.48. The highest BCUT2D eigenvalue weighted by molar-refractivity contribution is 9.10. The van der Waals surface area contributed by atoms with Crippen molar-refractivity contribution in [3.63, 3.8) is 0 Å². The summed E-state index contributed by atoms with van der Waals surface area (Å²) >= 11 is 3.32. The third kappa shape index (κ3) is 2.48. The number of amides is 3. The number of halogens is 1. The fraction of sp³-hybridized carbons (Fsp3) is 0.154. The lowest BCUT2D eigenvalue weighted by molar-refractivity contribution is -0.143. The second kappa shape index (κ2) is 6.96. The van der Waals surface area contributed by atoms with E-state index in [1.807, 2.05) is 48.5 Å². The van der Waals surface area contributed by atoms with Crippen LogP contribution in [-0.2, 0) is 19.8 Å². The van der Waals surface area contributed by atoms with Crippen LogP contribution >= 0.6 is 15.9 Å². The molecule has 162 valence electrons. The van der Waals surface area contributed by atoms with Gasteiger partial charge < -0.3 is 4.79 Å². The summed E-state index contributed by atoms with van der Waals surface area (Å²) < 4.78 is 0.804. The standard InChI is InChI=1S/C26H17BrN2O4/c27-15-11-9-14(10-12-15)23(31)28-29-24(32)21-20-16-5-1-3-7-18(16)26(13-30,22(21)25(29)33)19-8-4-2-6-17(19)20/h1-13,20-22H,(H,28,31).